The first-order valence-corrected chi connectivity index (χ1v) is 10.3. The summed E-state index contributed by atoms with van der Waals surface area (Å²) in [5, 5.41) is 26.8. The summed E-state index contributed by atoms with van der Waals surface area (Å²) in [7, 11) is 0. The lowest BCUT2D eigenvalue weighted by atomic mass is 9.96. The smallest absolute Gasteiger partial charge is 0.206 e. The van der Waals surface area contributed by atoms with Crippen LogP contribution in [-0.4, -0.2) is 27.1 Å². The molecule has 0 aliphatic heterocycles. The molecule has 0 unspecified atom stereocenters. The van der Waals surface area contributed by atoms with E-state index < -0.39 is 0 Å². The van der Waals surface area contributed by atoms with E-state index in [1.54, 1.807) is 36.6 Å². The summed E-state index contributed by atoms with van der Waals surface area (Å²) >= 11 is 1.66. The highest BCUT2D eigenvalue weighted by atomic mass is 32.1. The molecule has 6 heteroatoms. The van der Waals surface area contributed by atoms with Crippen molar-refractivity contribution in [3.8, 4) is 11.5 Å². The van der Waals surface area contributed by atoms with E-state index in [1.165, 1.54) is 50.6 Å². The lowest BCUT2D eigenvalue weighted by molar-refractivity contribution is 0.435. The van der Waals surface area contributed by atoms with Crippen molar-refractivity contribution in [1.82, 2.24) is 4.68 Å². The van der Waals surface area contributed by atoms with Crippen molar-refractivity contribution in [3.05, 3.63) is 39.1 Å². The van der Waals surface area contributed by atoms with Gasteiger partial charge < -0.3 is 10.2 Å². The van der Waals surface area contributed by atoms with Crippen LogP contribution in [-0.2, 0) is 0 Å². The highest BCUT2D eigenvalue weighted by Crippen LogP contribution is 2.40. The molecule has 0 saturated heterocycles. The van der Waals surface area contributed by atoms with Gasteiger partial charge in [0.25, 0.3) is 0 Å². The second-order valence-electron chi connectivity index (χ2n) is 7.34. The van der Waals surface area contributed by atoms with Crippen molar-refractivity contribution in [1.29, 1.82) is 0 Å². The number of aromatic hydroxyl groups is 2. The van der Waals surface area contributed by atoms with Crippen LogP contribution < -0.4 is 4.80 Å². The van der Waals surface area contributed by atoms with E-state index in [4.69, 9.17) is 4.99 Å². The first kappa shape index (κ1) is 17.3. The van der Waals surface area contributed by atoms with E-state index in [2.05, 4.69) is 10.5 Å². The third-order valence-corrected chi connectivity index (χ3v) is 6.17. The molecule has 26 heavy (non-hydrogen) atoms. The van der Waals surface area contributed by atoms with Gasteiger partial charge in [-0.1, -0.05) is 19.3 Å². The SMILES string of the molecule is Cc1c(O)ccc(C=Nn2c(C3CC3)csc2=NC2CCCCC2)c1O. The maximum Gasteiger partial charge on any atom is 0.206 e. The number of thiazole rings is 1. The fourth-order valence-corrected chi connectivity index (χ4v) is 4.45. The first-order chi connectivity index (χ1) is 12.6. The summed E-state index contributed by atoms with van der Waals surface area (Å²) in [6, 6.07) is 3.67. The molecule has 0 radical (unpaired) electrons. The second kappa shape index (κ2) is 7.27. The second-order valence-corrected chi connectivity index (χ2v) is 8.18. The Bertz CT molecular complexity index is 887. The van der Waals surface area contributed by atoms with E-state index in [1.807, 2.05) is 4.68 Å². The van der Waals surface area contributed by atoms with Gasteiger partial charge in [-0.15, -0.1) is 11.3 Å². The molecule has 5 nitrogen and oxygen atoms in total. The average molecular weight is 372 g/mol. The monoisotopic (exact) mass is 371 g/mol. The van der Waals surface area contributed by atoms with Gasteiger partial charge in [0.1, 0.15) is 11.5 Å². The van der Waals surface area contributed by atoms with Crippen LogP contribution in [0.1, 0.15) is 67.7 Å². The minimum Gasteiger partial charge on any atom is -0.508 e. The molecule has 0 amide bonds. The quantitative estimate of drug-likeness (QED) is 0.788. The Labute approximate surface area is 157 Å². The Balaban J connectivity index is 1.69. The van der Waals surface area contributed by atoms with E-state index >= 15 is 0 Å². The van der Waals surface area contributed by atoms with Gasteiger partial charge in [0.05, 0.1) is 18.0 Å². The molecule has 0 atom stereocenters. The lowest BCUT2D eigenvalue weighted by Crippen LogP contribution is -2.19. The van der Waals surface area contributed by atoms with Crippen LogP contribution in [0, 0.1) is 6.92 Å². The molecule has 2 aliphatic carbocycles. The molecule has 2 aliphatic rings. The number of phenols is 2. The van der Waals surface area contributed by atoms with Crippen LogP contribution in [0.5, 0.6) is 11.5 Å². The largest absolute Gasteiger partial charge is 0.508 e. The van der Waals surface area contributed by atoms with Gasteiger partial charge in [-0.3, -0.25) is 4.99 Å². The lowest BCUT2D eigenvalue weighted by Gasteiger charge is -2.16. The summed E-state index contributed by atoms with van der Waals surface area (Å²) in [5.74, 6) is 0.742. The summed E-state index contributed by atoms with van der Waals surface area (Å²) in [6.45, 7) is 1.69. The molecule has 1 aromatic heterocycles. The third kappa shape index (κ3) is 3.56. The van der Waals surface area contributed by atoms with Gasteiger partial charge in [0.2, 0.25) is 4.80 Å². The maximum atomic E-state index is 10.2. The Morgan fingerprint density at radius 3 is 2.62 bits per heavy atom. The standard InChI is InChI=1S/C20H25N3O2S/c1-13-18(24)10-9-15(19(13)25)11-21-23-17(14-7-8-14)12-26-20(23)22-16-5-3-2-4-6-16/h9-12,14,16,24-25H,2-8H2,1H3. The molecule has 0 spiro atoms. The third-order valence-electron chi connectivity index (χ3n) is 5.32. The van der Waals surface area contributed by atoms with Crippen LogP contribution in [0.4, 0.5) is 0 Å². The number of hydrogen-bond acceptors (Lipinski definition) is 5. The molecule has 2 N–H and O–H groups in total. The van der Waals surface area contributed by atoms with E-state index in [0.717, 1.165) is 4.80 Å². The zero-order chi connectivity index (χ0) is 18.1. The predicted molar refractivity (Wildman–Crippen MR) is 104 cm³/mol. The van der Waals surface area contributed by atoms with Crippen LogP contribution >= 0.6 is 11.3 Å². The molecule has 138 valence electrons. The van der Waals surface area contributed by atoms with Crippen molar-refractivity contribution < 1.29 is 10.2 Å². The molecule has 2 fully saturated rings. The van der Waals surface area contributed by atoms with Crippen LogP contribution in [0.3, 0.4) is 0 Å². The average Bonchev–Trinajstić information content (AvgIpc) is 3.42. The van der Waals surface area contributed by atoms with Crippen molar-refractivity contribution >= 4 is 17.6 Å². The number of rotatable bonds is 4. The van der Waals surface area contributed by atoms with Crippen LogP contribution in [0.15, 0.2) is 27.6 Å². The summed E-state index contributed by atoms with van der Waals surface area (Å²) in [6.07, 6.45) is 10.3. The van der Waals surface area contributed by atoms with E-state index in [9.17, 15) is 10.2 Å². The number of phenolic OH excluding ortho intramolecular Hbond substituents is 2. The van der Waals surface area contributed by atoms with Gasteiger partial charge in [-0.25, -0.2) is 4.68 Å². The van der Waals surface area contributed by atoms with Crippen molar-refractivity contribution in [2.45, 2.75) is 63.8 Å². The number of nitrogens with zero attached hydrogens (tertiary/aromatic N) is 3. The van der Waals surface area contributed by atoms with Gasteiger partial charge >= 0.3 is 0 Å². The number of hydrogen-bond donors (Lipinski definition) is 2. The van der Waals surface area contributed by atoms with Crippen molar-refractivity contribution in [3.63, 3.8) is 0 Å². The summed E-state index contributed by atoms with van der Waals surface area (Å²) in [4.78, 5) is 5.93. The van der Waals surface area contributed by atoms with Gasteiger partial charge in [-0.05, 0) is 44.7 Å². The minimum atomic E-state index is 0.0725. The highest BCUT2D eigenvalue weighted by Gasteiger charge is 2.28. The van der Waals surface area contributed by atoms with Crippen molar-refractivity contribution in [2.24, 2.45) is 10.1 Å². The Morgan fingerprint density at radius 1 is 1.12 bits per heavy atom. The van der Waals surface area contributed by atoms with Crippen LogP contribution in [0.25, 0.3) is 0 Å². The number of aromatic nitrogens is 1. The fraction of sp³-hybridized carbons (Fsp3) is 0.500. The zero-order valence-electron chi connectivity index (χ0n) is 15.1. The van der Waals surface area contributed by atoms with Gasteiger partial charge in [0, 0.05) is 22.4 Å². The molecule has 1 aromatic carbocycles. The first-order valence-electron chi connectivity index (χ1n) is 9.43. The van der Waals surface area contributed by atoms with Crippen LogP contribution in [0.2, 0.25) is 0 Å². The predicted octanol–water partition coefficient (Wildman–Crippen LogP) is 4.26. The van der Waals surface area contributed by atoms with E-state index in [-0.39, 0.29) is 11.5 Å². The Morgan fingerprint density at radius 2 is 1.88 bits per heavy atom. The molecule has 4 rings (SSSR count). The minimum absolute atomic E-state index is 0.0725. The molecule has 1 heterocycles. The molecular formula is C20H25N3O2S. The number of benzene rings is 1. The van der Waals surface area contributed by atoms with Gasteiger partial charge in [0.15, 0.2) is 0 Å². The molecular weight excluding hydrogens is 346 g/mol. The maximum absolute atomic E-state index is 10.2. The fourth-order valence-electron chi connectivity index (χ4n) is 3.47. The Hall–Kier alpha value is -2.08. The highest BCUT2D eigenvalue weighted by molar-refractivity contribution is 7.07. The normalized spacial score (nSPS) is 19.5. The van der Waals surface area contributed by atoms with Gasteiger partial charge in [-0.2, -0.15) is 5.10 Å². The molecule has 0 bridgehead atoms. The topological polar surface area (TPSA) is 70.1 Å². The Kier molecular flexibility index (Phi) is 4.85. The summed E-state index contributed by atoms with van der Waals surface area (Å²) < 4.78 is 1.96. The van der Waals surface area contributed by atoms with Crippen molar-refractivity contribution in [2.75, 3.05) is 0 Å². The molecule has 2 aromatic rings. The zero-order valence-corrected chi connectivity index (χ0v) is 15.9. The molecule has 2 saturated carbocycles. The van der Waals surface area contributed by atoms with E-state index in [0.29, 0.717) is 23.1 Å². The summed E-state index contributed by atoms with van der Waals surface area (Å²) in [5.41, 5.74) is 2.29.